The van der Waals surface area contributed by atoms with Crippen molar-refractivity contribution in [1.29, 1.82) is 0 Å². The molecule has 2 aromatic rings. The van der Waals surface area contributed by atoms with Gasteiger partial charge in [0.2, 0.25) is 5.91 Å². The fourth-order valence-corrected chi connectivity index (χ4v) is 2.16. The Morgan fingerprint density at radius 1 is 1.21 bits per heavy atom. The van der Waals surface area contributed by atoms with Gasteiger partial charge in [0.15, 0.2) is 5.16 Å². The highest BCUT2D eigenvalue weighted by Gasteiger charge is 2.15. The molecule has 0 spiro atoms. The van der Waals surface area contributed by atoms with Crippen LogP contribution in [0.25, 0.3) is 0 Å². The van der Waals surface area contributed by atoms with E-state index in [1.54, 1.807) is 18.5 Å². The number of hydrogen-bond acceptors (Lipinski definition) is 4. The first kappa shape index (κ1) is 13.5. The van der Waals surface area contributed by atoms with Crippen LogP contribution in [-0.4, -0.2) is 21.1 Å². The molecule has 1 aromatic carbocycles. The molecule has 0 aliphatic heterocycles. The van der Waals surface area contributed by atoms with Gasteiger partial charge in [-0.2, -0.15) is 0 Å². The number of thioether (sulfide) groups is 1. The number of anilines is 1. The zero-order valence-electron chi connectivity index (χ0n) is 10.8. The lowest BCUT2D eigenvalue weighted by molar-refractivity contribution is -0.115. The van der Waals surface area contributed by atoms with Crippen LogP contribution in [0.5, 0.6) is 0 Å². The summed E-state index contributed by atoms with van der Waals surface area (Å²) in [4.78, 5) is 20.2. The summed E-state index contributed by atoms with van der Waals surface area (Å²) >= 11 is 1.34. The lowest BCUT2D eigenvalue weighted by Gasteiger charge is -2.11. The average molecular weight is 273 g/mol. The maximum atomic E-state index is 12.0. The number of rotatable bonds is 4. The number of carbonyl (C=O) groups is 1. The summed E-state index contributed by atoms with van der Waals surface area (Å²) in [5.74, 6) is -0.0543. The Morgan fingerprint density at radius 3 is 2.47 bits per heavy atom. The molecule has 0 aliphatic rings. The average Bonchev–Trinajstić information content (AvgIpc) is 2.42. The van der Waals surface area contributed by atoms with E-state index in [9.17, 15) is 4.79 Å². The molecule has 1 heterocycles. The summed E-state index contributed by atoms with van der Waals surface area (Å²) in [6.07, 6.45) is 3.33. The van der Waals surface area contributed by atoms with Crippen LogP contribution in [0.1, 0.15) is 12.5 Å². The third-order valence-electron chi connectivity index (χ3n) is 2.51. The summed E-state index contributed by atoms with van der Waals surface area (Å²) in [6, 6.07) is 9.47. The fraction of sp³-hybridized carbons (Fsp3) is 0.214. The number of aryl methyl sites for hydroxylation is 1. The standard InChI is InChI=1S/C14H15N3OS/c1-10-4-6-12(7-5-10)17-13(18)11(2)19-14-15-8-3-9-16-14/h3-9,11H,1-2H3,(H,17,18)/t11-/m0/s1. The highest BCUT2D eigenvalue weighted by atomic mass is 32.2. The molecule has 19 heavy (non-hydrogen) atoms. The maximum absolute atomic E-state index is 12.0. The molecule has 1 N–H and O–H groups in total. The number of hydrogen-bond donors (Lipinski definition) is 1. The number of benzene rings is 1. The molecule has 0 radical (unpaired) electrons. The quantitative estimate of drug-likeness (QED) is 0.687. The van der Waals surface area contributed by atoms with Crippen LogP contribution in [-0.2, 0) is 4.79 Å². The number of nitrogens with one attached hydrogen (secondary N) is 1. The number of aromatic nitrogens is 2. The van der Waals surface area contributed by atoms with E-state index in [1.165, 1.54) is 11.8 Å². The summed E-state index contributed by atoms with van der Waals surface area (Å²) < 4.78 is 0. The first-order valence-corrected chi connectivity index (χ1v) is 6.84. The van der Waals surface area contributed by atoms with Crippen molar-refractivity contribution in [2.24, 2.45) is 0 Å². The predicted molar refractivity (Wildman–Crippen MR) is 77.2 cm³/mol. The molecular formula is C14H15N3OS. The Bertz CT molecular complexity index is 542. The van der Waals surface area contributed by atoms with E-state index in [2.05, 4.69) is 15.3 Å². The van der Waals surface area contributed by atoms with Gasteiger partial charge in [0.25, 0.3) is 0 Å². The van der Waals surface area contributed by atoms with Crippen LogP contribution >= 0.6 is 11.8 Å². The zero-order chi connectivity index (χ0) is 13.7. The van der Waals surface area contributed by atoms with Crippen LogP contribution in [0.2, 0.25) is 0 Å². The van der Waals surface area contributed by atoms with Gasteiger partial charge in [-0.1, -0.05) is 29.5 Å². The Kier molecular flexibility index (Phi) is 4.52. The predicted octanol–water partition coefficient (Wildman–Crippen LogP) is 2.90. The molecule has 0 aliphatic carbocycles. The molecule has 1 atom stereocenters. The lowest BCUT2D eigenvalue weighted by atomic mass is 10.2. The van der Waals surface area contributed by atoms with E-state index >= 15 is 0 Å². The molecule has 0 bridgehead atoms. The minimum absolute atomic E-state index is 0.0543. The number of carbonyl (C=O) groups excluding carboxylic acids is 1. The fourth-order valence-electron chi connectivity index (χ4n) is 1.44. The zero-order valence-corrected chi connectivity index (χ0v) is 11.6. The van der Waals surface area contributed by atoms with Gasteiger partial charge in [-0.25, -0.2) is 9.97 Å². The molecule has 4 nitrogen and oxygen atoms in total. The minimum atomic E-state index is -0.247. The van der Waals surface area contributed by atoms with Gasteiger partial charge in [-0.15, -0.1) is 0 Å². The SMILES string of the molecule is Cc1ccc(NC(=O)[C@H](C)Sc2ncccn2)cc1. The molecule has 0 unspecified atom stereocenters. The van der Waals surface area contributed by atoms with Crippen LogP contribution < -0.4 is 5.32 Å². The summed E-state index contributed by atoms with van der Waals surface area (Å²) in [5, 5.41) is 3.23. The first-order chi connectivity index (χ1) is 9.15. The Morgan fingerprint density at radius 2 is 1.84 bits per heavy atom. The monoisotopic (exact) mass is 273 g/mol. The third-order valence-corrected chi connectivity index (χ3v) is 3.50. The van der Waals surface area contributed by atoms with E-state index < -0.39 is 0 Å². The number of nitrogens with zero attached hydrogens (tertiary/aromatic N) is 2. The summed E-state index contributed by atoms with van der Waals surface area (Å²) in [6.45, 7) is 3.85. The maximum Gasteiger partial charge on any atom is 0.237 e. The van der Waals surface area contributed by atoms with E-state index in [1.807, 2.05) is 38.1 Å². The molecule has 1 amide bonds. The Labute approximate surface area is 116 Å². The first-order valence-electron chi connectivity index (χ1n) is 5.96. The molecule has 0 saturated heterocycles. The topological polar surface area (TPSA) is 54.9 Å². The van der Waals surface area contributed by atoms with Crippen molar-refractivity contribution >= 4 is 23.4 Å². The van der Waals surface area contributed by atoms with E-state index in [0.29, 0.717) is 5.16 Å². The highest BCUT2D eigenvalue weighted by Crippen LogP contribution is 2.20. The van der Waals surface area contributed by atoms with E-state index in [-0.39, 0.29) is 11.2 Å². The van der Waals surface area contributed by atoms with Crippen LogP contribution in [0, 0.1) is 6.92 Å². The second kappa shape index (κ2) is 6.33. The van der Waals surface area contributed by atoms with E-state index in [0.717, 1.165) is 11.3 Å². The third kappa shape index (κ3) is 4.06. The molecule has 5 heteroatoms. The van der Waals surface area contributed by atoms with Crippen molar-refractivity contribution in [2.75, 3.05) is 5.32 Å². The smallest absolute Gasteiger partial charge is 0.237 e. The van der Waals surface area contributed by atoms with Crippen molar-refractivity contribution in [3.63, 3.8) is 0 Å². The van der Waals surface area contributed by atoms with Crippen molar-refractivity contribution < 1.29 is 4.79 Å². The van der Waals surface area contributed by atoms with Crippen molar-refractivity contribution in [3.05, 3.63) is 48.3 Å². The van der Waals surface area contributed by atoms with Crippen LogP contribution in [0.3, 0.4) is 0 Å². The minimum Gasteiger partial charge on any atom is -0.325 e. The number of amides is 1. The van der Waals surface area contributed by atoms with E-state index in [4.69, 9.17) is 0 Å². The van der Waals surface area contributed by atoms with Gasteiger partial charge in [0.1, 0.15) is 0 Å². The second-order valence-corrected chi connectivity index (χ2v) is 5.45. The molecule has 0 fully saturated rings. The van der Waals surface area contributed by atoms with Gasteiger partial charge >= 0.3 is 0 Å². The molecule has 0 saturated carbocycles. The molecule has 2 rings (SSSR count). The molecule has 1 aromatic heterocycles. The highest BCUT2D eigenvalue weighted by molar-refractivity contribution is 8.00. The Balaban J connectivity index is 1.94. The Hall–Kier alpha value is -1.88. The van der Waals surface area contributed by atoms with Crippen LogP contribution in [0.15, 0.2) is 47.9 Å². The summed E-state index contributed by atoms with van der Waals surface area (Å²) in [5.41, 5.74) is 1.97. The van der Waals surface area contributed by atoms with Gasteiger partial charge < -0.3 is 5.32 Å². The van der Waals surface area contributed by atoms with Crippen molar-refractivity contribution in [3.8, 4) is 0 Å². The summed E-state index contributed by atoms with van der Waals surface area (Å²) in [7, 11) is 0. The molecular weight excluding hydrogens is 258 g/mol. The van der Waals surface area contributed by atoms with Gasteiger partial charge in [0, 0.05) is 18.1 Å². The van der Waals surface area contributed by atoms with Gasteiger partial charge in [-0.3, -0.25) is 4.79 Å². The largest absolute Gasteiger partial charge is 0.325 e. The molecule has 98 valence electrons. The van der Waals surface area contributed by atoms with Gasteiger partial charge in [0.05, 0.1) is 5.25 Å². The lowest BCUT2D eigenvalue weighted by Crippen LogP contribution is -2.22. The normalized spacial score (nSPS) is 11.9. The van der Waals surface area contributed by atoms with Crippen LogP contribution in [0.4, 0.5) is 5.69 Å². The van der Waals surface area contributed by atoms with Crippen molar-refractivity contribution in [2.45, 2.75) is 24.3 Å². The second-order valence-electron chi connectivity index (χ2n) is 4.15. The van der Waals surface area contributed by atoms with Gasteiger partial charge in [-0.05, 0) is 32.0 Å². The van der Waals surface area contributed by atoms with Crippen molar-refractivity contribution in [1.82, 2.24) is 9.97 Å².